The number of rotatable bonds is 6. The number of sulfonamides is 1. The number of carbonyl (C=O) groups excluding carboxylic acids is 1. The normalized spacial score (nSPS) is 12.3. The van der Waals surface area contributed by atoms with Crippen LogP contribution in [0.15, 0.2) is 35.7 Å². The van der Waals surface area contributed by atoms with Crippen molar-refractivity contribution in [3.8, 4) is 0 Å². The molecule has 5 nitrogen and oxygen atoms in total. The van der Waals surface area contributed by atoms with Gasteiger partial charge in [-0.3, -0.25) is 4.79 Å². The molecule has 24 heavy (non-hydrogen) atoms. The quantitative estimate of drug-likeness (QED) is 0.709. The average Bonchev–Trinajstić information content (AvgIpc) is 2.44. The molecule has 0 aliphatic rings. The highest BCUT2D eigenvalue weighted by molar-refractivity contribution is 7.89. The van der Waals surface area contributed by atoms with E-state index in [1.807, 2.05) is 0 Å². The predicted octanol–water partition coefficient (Wildman–Crippen LogP) is 2.78. The molecule has 0 aliphatic heterocycles. The van der Waals surface area contributed by atoms with E-state index in [1.54, 1.807) is 0 Å². The maximum atomic E-state index is 12.6. The van der Waals surface area contributed by atoms with Crippen molar-refractivity contribution >= 4 is 27.5 Å². The van der Waals surface area contributed by atoms with Crippen LogP contribution in [0.3, 0.4) is 0 Å². The van der Waals surface area contributed by atoms with Crippen LogP contribution >= 0.6 is 11.6 Å². The van der Waals surface area contributed by atoms with Gasteiger partial charge in [0.05, 0.1) is 5.02 Å². The Balaban J connectivity index is 3.31. The molecule has 1 rings (SSSR count). The van der Waals surface area contributed by atoms with Crippen molar-refractivity contribution in [3.05, 3.63) is 41.4 Å². The number of nitrogens with zero attached hydrogens (tertiary/aromatic N) is 2. The minimum Gasteiger partial charge on any atom is -0.326 e. The zero-order chi connectivity index (χ0) is 18.7. The molecule has 0 aromatic heterocycles. The molecule has 0 aliphatic carbocycles. The Morgan fingerprint density at radius 3 is 2.38 bits per heavy atom. The Bertz CT molecular complexity index is 733. The first-order chi connectivity index (χ1) is 10.9. The Morgan fingerprint density at radius 2 is 1.92 bits per heavy atom. The van der Waals surface area contributed by atoms with E-state index in [-0.39, 0.29) is 22.0 Å². The third-order valence-corrected chi connectivity index (χ3v) is 5.24. The van der Waals surface area contributed by atoms with E-state index >= 15 is 0 Å². The molecule has 0 unspecified atom stereocenters. The molecule has 0 saturated carbocycles. The molecule has 10 heteroatoms. The average molecular weight is 385 g/mol. The van der Waals surface area contributed by atoms with Gasteiger partial charge in [0.2, 0.25) is 10.0 Å². The van der Waals surface area contributed by atoms with Crippen molar-refractivity contribution in [1.82, 2.24) is 9.21 Å². The Hall–Kier alpha value is -1.58. The van der Waals surface area contributed by atoms with Gasteiger partial charge in [-0.1, -0.05) is 17.7 Å². The summed E-state index contributed by atoms with van der Waals surface area (Å²) in [6, 6.07) is 3.29. The van der Waals surface area contributed by atoms with Gasteiger partial charge in [-0.25, -0.2) is 12.7 Å². The third-order valence-electron chi connectivity index (χ3n) is 2.94. The van der Waals surface area contributed by atoms with Gasteiger partial charge in [-0.15, -0.1) is 6.58 Å². The number of carbonyl (C=O) groups is 1. The van der Waals surface area contributed by atoms with Crippen molar-refractivity contribution in [3.63, 3.8) is 0 Å². The molecule has 0 spiro atoms. The molecule has 0 atom stereocenters. The van der Waals surface area contributed by atoms with E-state index in [9.17, 15) is 26.4 Å². The van der Waals surface area contributed by atoms with Crippen molar-refractivity contribution in [2.45, 2.75) is 11.1 Å². The fourth-order valence-corrected chi connectivity index (χ4v) is 3.20. The Morgan fingerprint density at radius 1 is 1.33 bits per heavy atom. The molecular weight excluding hydrogens is 369 g/mol. The van der Waals surface area contributed by atoms with Crippen LogP contribution in [0.5, 0.6) is 0 Å². The fraction of sp³-hybridized carbons (Fsp3) is 0.357. The molecule has 1 aromatic carbocycles. The smallest absolute Gasteiger partial charge is 0.326 e. The predicted molar refractivity (Wildman–Crippen MR) is 84.5 cm³/mol. The van der Waals surface area contributed by atoms with Gasteiger partial charge < -0.3 is 4.90 Å². The van der Waals surface area contributed by atoms with Gasteiger partial charge in [0, 0.05) is 26.2 Å². The summed E-state index contributed by atoms with van der Waals surface area (Å²) in [6.45, 7) is 1.50. The molecule has 0 N–H and O–H groups in total. The summed E-state index contributed by atoms with van der Waals surface area (Å²) in [5.41, 5.74) is -0.217. The number of alkyl halides is 3. The molecule has 0 saturated heterocycles. The lowest BCUT2D eigenvalue weighted by Gasteiger charge is -2.23. The number of hydrogen-bond donors (Lipinski definition) is 0. The van der Waals surface area contributed by atoms with E-state index in [0.29, 0.717) is 4.90 Å². The van der Waals surface area contributed by atoms with Gasteiger partial charge in [-0.2, -0.15) is 13.2 Å². The zero-order valence-electron chi connectivity index (χ0n) is 13.0. The first kappa shape index (κ1) is 20.5. The highest BCUT2D eigenvalue weighted by atomic mass is 35.5. The van der Waals surface area contributed by atoms with Gasteiger partial charge in [0.15, 0.2) is 0 Å². The van der Waals surface area contributed by atoms with Crippen LogP contribution in [0.4, 0.5) is 13.2 Å². The second-order valence-electron chi connectivity index (χ2n) is 5.02. The van der Waals surface area contributed by atoms with E-state index in [4.69, 9.17) is 11.6 Å². The monoisotopic (exact) mass is 384 g/mol. The SMILES string of the molecule is C=CCN(CC(F)(F)F)C(=O)c1ccc(Cl)c(S(=O)(=O)N(C)C)c1. The summed E-state index contributed by atoms with van der Waals surface area (Å²) in [7, 11) is -1.41. The number of hydrogen-bond acceptors (Lipinski definition) is 3. The van der Waals surface area contributed by atoms with Crippen LogP contribution in [0.1, 0.15) is 10.4 Å². The Labute approximate surface area is 143 Å². The van der Waals surface area contributed by atoms with Crippen LogP contribution in [0.2, 0.25) is 5.02 Å². The lowest BCUT2D eigenvalue weighted by Crippen LogP contribution is -2.39. The molecular formula is C14H16ClF3N2O3S. The maximum Gasteiger partial charge on any atom is 0.406 e. The van der Waals surface area contributed by atoms with Gasteiger partial charge in [0.25, 0.3) is 5.91 Å². The van der Waals surface area contributed by atoms with Crippen LogP contribution in [0.25, 0.3) is 0 Å². The minimum atomic E-state index is -4.59. The fourth-order valence-electron chi connectivity index (χ4n) is 1.80. The third kappa shape index (κ3) is 4.96. The lowest BCUT2D eigenvalue weighted by atomic mass is 10.2. The van der Waals surface area contributed by atoms with Crippen molar-refractivity contribution in [1.29, 1.82) is 0 Å². The minimum absolute atomic E-state index is 0.133. The maximum absolute atomic E-state index is 12.6. The lowest BCUT2D eigenvalue weighted by molar-refractivity contribution is -0.139. The highest BCUT2D eigenvalue weighted by Gasteiger charge is 2.33. The molecule has 0 heterocycles. The topological polar surface area (TPSA) is 57.7 Å². The van der Waals surface area contributed by atoms with Gasteiger partial charge in [0.1, 0.15) is 11.4 Å². The summed E-state index contributed by atoms with van der Waals surface area (Å²) in [4.78, 5) is 12.5. The summed E-state index contributed by atoms with van der Waals surface area (Å²) in [5.74, 6) is -0.973. The van der Waals surface area contributed by atoms with Crippen LogP contribution in [-0.4, -0.2) is 56.9 Å². The van der Waals surface area contributed by atoms with E-state index in [1.165, 1.54) is 20.2 Å². The van der Waals surface area contributed by atoms with Crippen molar-refractivity contribution in [2.75, 3.05) is 27.2 Å². The molecule has 0 fully saturated rings. The summed E-state index contributed by atoms with van der Waals surface area (Å²) >= 11 is 5.85. The second kappa shape index (κ2) is 7.54. The molecule has 1 aromatic rings. The first-order valence-corrected chi connectivity index (χ1v) is 8.41. The molecule has 0 radical (unpaired) electrons. The number of halogens is 4. The summed E-state index contributed by atoms with van der Waals surface area (Å²) in [6.07, 6.45) is -3.44. The first-order valence-electron chi connectivity index (χ1n) is 6.59. The van der Waals surface area contributed by atoms with Gasteiger partial charge >= 0.3 is 6.18 Å². The van der Waals surface area contributed by atoms with Crippen LogP contribution in [0, 0.1) is 0 Å². The van der Waals surface area contributed by atoms with Crippen molar-refractivity contribution < 1.29 is 26.4 Å². The summed E-state index contributed by atoms with van der Waals surface area (Å²) in [5, 5.41) is -0.133. The molecule has 134 valence electrons. The van der Waals surface area contributed by atoms with E-state index in [0.717, 1.165) is 22.5 Å². The second-order valence-corrected chi connectivity index (χ2v) is 7.55. The highest BCUT2D eigenvalue weighted by Crippen LogP contribution is 2.26. The number of amides is 1. The van der Waals surface area contributed by atoms with E-state index in [2.05, 4.69) is 6.58 Å². The number of benzene rings is 1. The standard InChI is InChI=1S/C14H16ClF3N2O3S/c1-4-7-20(9-14(16,17)18)13(21)10-5-6-11(15)12(8-10)24(22,23)19(2)3/h4-6,8H,1,7,9H2,2-3H3. The Kier molecular flexibility index (Phi) is 6.43. The molecule has 1 amide bonds. The van der Waals surface area contributed by atoms with Crippen molar-refractivity contribution in [2.24, 2.45) is 0 Å². The summed E-state index contributed by atoms with van der Waals surface area (Å²) < 4.78 is 63.0. The van der Waals surface area contributed by atoms with Crippen LogP contribution in [-0.2, 0) is 10.0 Å². The zero-order valence-corrected chi connectivity index (χ0v) is 14.5. The van der Waals surface area contributed by atoms with Gasteiger partial charge in [-0.05, 0) is 18.2 Å². The largest absolute Gasteiger partial charge is 0.406 e. The van der Waals surface area contributed by atoms with E-state index < -0.39 is 28.7 Å². The van der Waals surface area contributed by atoms with Crippen LogP contribution < -0.4 is 0 Å². The molecule has 0 bridgehead atoms.